The van der Waals surface area contributed by atoms with Gasteiger partial charge in [-0.1, -0.05) is 168 Å². The Morgan fingerprint density at radius 3 is 1.32 bits per heavy atom. The second kappa shape index (κ2) is 34.9. The number of unbranched alkanes of at least 4 members (excludes halogenated alkanes) is 24. The highest BCUT2D eigenvalue weighted by Crippen LogP contribution is 2.36. The number of aliphatic hydroxyl groups is 1. The van der Waals surface area contributed by atoms with Crippen LogP contribution in [0.25, 0.3) is 0 Å². The van der Waals surface area contributed by atoms with Crippen molar-refractivity contribution < 1.29 is 38.2 Å². The molecule has 0 aliphatic rings. The zero-order valence-electron chi connectivity index (χ0n) is 30.5. The van der Waals surface area contributed by atoms with Crippen LogP contribution in [0.3, 0.4) is 0 Å². The second-order valence-corrected chi connectivity index (χ2v) is 14.8. The van der Waals surface area contributed by atoms with E-state index >= 15 is 0 Å². The van der Waals surface area contributed by atoms with Gasteiger partial charge in [0.2, 0.25) is 0 Å². The van der Waals surface area contributed by atoms with Gasteiger partial charge in [-0.05, 0) is 12.8 Å². The molecule has 0 bridgehead atoms. The van der Waals surface area contributed by atoms with E-state index < -0.39 is 26.4 Å². The average Bonchev–Trinajstić information content (AvgIpc) is 3.05. The van der Waals surface area contributed by atoms with Crippen LogP contribution in [0.2, 0.25) is 0 Å². The zero-order valence-corrected chi connectivity index (χ0v) is 31.4. The predicted molar refractivity (Wildman–Crippen MR) is 192 cm³/mol. The molecule has 0 aromatic rings. The molecule has 0 heterocycles. The van der Waals surface area contributed by atoms with Crippen LogP contribution in [0, 0.1) is 0 Å². The van der Waals surface area contributed by atoms with Gasteiger partial charge in [0.15, 0.2) is 6.10 Å². The molecule has 47 heavy (non-hydrogen) atoms. The first-order valence-corrected chi connectivity index (χ1v) is 21.1. The summed E-state index contributed by atoms with van der Waals surface area (Å²) in [6.45, 7) is 3.41. The first-order valence-electron chi connectivity index (χ1n) is 19.5. The van der Waals surface area contributed by atoms with Crippen molar-refractivity contribution in [3.05, 3.63) is 0 Å². The Kier molecular flexibility index (Phi) is 34.1. The first-order chi connectivity index (χ1) is 22.8. The summed E-state index contributed by atoms with van der Waals surface area (Å²) in [7, 11) is -4.19. The molecule has 2 unspecified atom stereocenters. The number of hydrogen-bond donors (Lipinski definition) is 3. The molecule has 0 amide bonds. The van der Waals surface area contributed by atoms with E-state index in [1.54, 1.807) is 0 Å². The first kappa shape index (κ1) is 46.0. The molecule has 2 atom stereocenters. The summed E-state index contributed by atoms with van der Waals surface area (Å²) in [5, 5.41) is 11.1. The largest absolute Gasteiger partial charge is 0.462 e. The fourth-order valence-corrected chi connectivity index (χ4v) is 6.46. The highest BCUT2D eigenvalue weighted by atomic mass is 31.2. The van der Waals surface area contributed by atoms with Gasteiger partial charge in [0.05, 0.1) is 13.2 Å². The summed E-state index contributed by atoms with van der Waals surface area (Å²) in [5.74, 6) is -0.818. The number of ether oxygens (including phenoxy) is 2. The van der Waals surface area contributed by atoms with E-state index in [-0.39, 0.29) is 38.6 Å². The van der Waals surface area contributed by atoms with Crippen LogP contribution in [0.15, 0.2) is 0 Å². The Bertz CT molecular complexity index is 754. The van der Waals surface area contributed by atoms with E-state index in [0.29, 0.717) is 6.42 Å². The van der Waals surface area contributed by atoms with Gasteiger partial charge < -0.3 is 19.5 Å². The number of carbonyl (C=O) groups is 2. The summed E-state index contributed by atoms with van der Waals surface area (Å²) < 4.78 is 28.0. The van der Waals surface area contributed by atoms with E-state index in [4.69, 9.17) is 19.1 Å². The predicted octanol–water partition coefficient (Wildman–Crippen LogP) is 10.1. The minimum absolute atomic E-state index is 0.120. The third-order valence-electron chi connectivity index (χ3n) is 8.56. The molecular formula is C37H74NO8P. The zero-order chi connectivity index (χ0) is 34.7. The van der Waals surface area contributed by atoms with E-state index in [9.17, 15) is 19.0 Å². The average molecular weight is 692 g/mol. The highest BCUT2D eigenvalue weighted by molar-refractivity contribution is 7.50. The van der Waals surface area contributed by atoms with Crippen molar-refractivity contribution in [3.8, 4) is 0 Å². The molecule has 0 aliphatic heterocycles. The summed E-state index contributed by atoms with van der Waals surface area (Å²) >= 11 is 0. The monoisotopic (exact) mass is 692 g/mol. The fourth-order valence-electron chi connectivity index (χ4n) is 5.61. The lowest BCUT2D eigenvalue weighted by molar-refractivity contribution is -0.161. The summed E-state index contributed by atoms with van der Waals surface area (Å²) in [5.41, 5.74) is 0. The van der Waals surface area contributed by atoms with Crippen LogP contribution in [0.4, 0.5) is 0 Å². The molecule has 10 heteroatoms. The Balaban J connectivity index is 4.18. The maximum Gasteiger partial charge on any atom is 0.403 e. The van der Waals surface area contributed by atoms with Gasteiger partial charge in [-0.25, -0.2) is 9.65 Å². The van der Waals surface area contributed by atoms with Crippen molar-refractivity contribution in [2.45, 2.75) is 200 Å². The van der Waals surface area contributed by atoms with Crippen molar-refractivity contribution in [1.29, 1.82) is 0 Å². The molecular weight excluding hydrogens is 617 g/mol. The number of esters is 2. The molecule has 280 valence electrons. The highest BCUT2D eigenvalue weighted by Gasteiger charge is 2.24. The summed E-state index contributed by atoms with van der Waals surface area (Å²) in [4.78, 5) is 34.7. The van der Waals surface area contributed by atoms with Crippen LogP contribution in [-0.4, -0.2) is 54.4 Å². The van der Waals surface area contributed by atoms with Gasteiger partial charge in [-0.3, -0.25) is 14.1 Å². The lowest BCUT2D eigenvalue weighted by Gasteiger charge is -2.20. The lowest BCUT2D eigenvalue weighted by atomic mass is 10.0. The standard InChI is InChI=1S/C37H74NO8P/c1-3-5-7-9-11-13-15-17-19-21-23-25-27-29-36(40)44-33-35(34-45-47(42,43)38-31-32-39)46-37(41)30-28-26-24-22-20-18-16-14-12-10-8-6-4-2/h35,39H,3-34H2,1-2H3,(H2,38,42,43). The normalized spacial score (nSPS) is 13.4. The number of nitrogens with one attached hydrogen (secondary N) is 1. The molecule has 0 radical (unpaired) electrons. The van der Waals surface area contributed by atoms with Crippen LogP contribution < -0.4 is 5.09 Å². The number of hydrogen-bond acceptors (Lipinski definition) is 7. The van der Waals surface area contributed by atoms with Gasteiger partial charge in [0.25, 0.3) is 0 Å². The van der Waals surface area contributed by atoms with Crippen molar-refractivity contribution in [3.63, 3.8) is 0 Å². The van der Waals surface area contributed by atoms with E-state index in [1.807, 2.05) is 0 Å². The van der Waals surface area contributed by atoms with Crippen molar-refractivity contribution in [2.75, 3.05) is 26.4 Å². The minimum Gasteiger partial charge on any atom is -0.462 e. The molecule has 0 saturated carbocycles. The van der Waals surface area contributed by atoms with E-state index in [1.165, 1.54) is 128 Å². The molecule has 0 aliphatic carbocycles. The Morgan fingerprint density at radius 2 is 0.936 bits per heavy atom. The van der Waals surface area contributed by atoms with Gasteiger partial charge >= 0.3 is 19.7 Å². The molecule has 0 fully saturated rings. The van der Waals surface area contributed by atoms with Gasteiger partial charge in [0, 0.05) is 19.4 Å². The summed E-state index contributed by atoms with van der Waals surface area (Å²) in [6, 6.07) is 0. The molecule has 0 aromatic heterocycles. The molecule has 9 nitrogen and oxygen atoms in total. The quantitative estimate of drug-likeness (QED) is 0.0331. The molecule has 0 spiro atoms. The van der Waals surface area contributed by atoms with Gasteiger partial charge in [0.1, 0.15) is 6.61 Å². The Morgan fingerprint density at radius 1 is 0.574 bits per heavy atom. The Labute approximate surface area is 288 Å². The molecule has 3 N–H and O–H groups in total. The minimum atomic E-state index is -4.19. The van der Waals surface area contributed by atoms with Gasteiger partial charge in [-0.2, -0.15) is 0 Å². The fraction of sp³-hybridized carbons (Fsp3) is 0.946. The van der Waals surface area contributed by atoms with Crippen LogP contribution in [0.5, 0.6) is 0 Å². The smallest absolute Gasteiger partial charge is 0.403 e. The topological polar surface area (TPSA) is 131 Å². The number of aliphatic hydroxyl groups excluding tert-OH is 1. The van der Waals surface area contributed by atoms with E-state index in [0.717, 1.165) is 32.1 Å². The SMILES string of the molecule is CCCCCCCCCCCCCCCC(=O)OCC(COP(=O)(O)NCCO)OC(=O)CCCCCCCCCCCCCCC. The van der Waals surface area contributed by atoms with Crippen LogP contribution >= 0.6 is 7.75 Å². The van der Waals surface area contributed by atoms with Crippen LogP contribution in [-0.2, 0) is 28.2 Å². The van der Waals surface area contributed by atoms with Crippen molar-refractivity contribution >= 4 is 19.7 Å². The maximum atomic E-state index is 12.5. The summed E-state index contributed by atoms with van der Waals surface area (Å²) in [6.07, 6.45) is 31.2. The van der Waals surface area contributed by atoms with Crippen molar-refractivity contribution in [1.82, 2.24) is 5.09 Å². The molecule has 0 rings (SSSR count). The Hall–Kier alpha value is -0.990. The maximum absolute atomic E-state index is 12.5. The van der Waals surface area contributed by atoms with E-state index in [2.05, 4.69) is 18.9 Å². The lowest BCUT2D eigenvalue weighted by Crippen LogP contribution is -2.30. The second-order valence-electron chi connectivity index (χ2n) is 13.2. The number of carbonyl (C=O) groups excluding carboxylic acids is 2. The third kappa shape index (κ3) is 34.7. The number of rotatable bonds is 37. The van der Waals surface area contributed by atoms with Crippen LogP contribution in [0.1, 0.15) is 194 Å². The third-order valence-corrected chi connectivity index (χ3v) is 9.68. The molecule has 0 aromatic carbocycles. The van der Waals surface area contributed by atoms with Gasteiger partial charge in [-0.15, -0.1) is 0 Å². The van der Waals surface area contributed by atoms with Crippen molar-refractivity contribution in [2.24, 2.45) is 0 Å². The molecule has 0 saturated heterocycles.